The van der Waals surface area contributed by atoms with Crippen molar-refractivity contribution in [2.24, 2.45) is 5.92 Å². The maximum absolute atomic E-state index is 9.37. The van der Waals surface area contributed by atoms with Crippen LogP contribution in [-0.2, 0) is 6.42 Å². The Hall–Kier alpha value is -0.860. The van der Waals surface area contributed by atoms with E-state index >= 15 is 0 Å². The molecule has 0 aliphatic heterocycles. The summed E-state index contributed by atoms with van der Waals surface area (Å²) in [6.45, 7) is 3.35. The summed E-state index contributed by atoms with van der Waals surface area (Å²) in [4.78, 5) is 0. The summed E-state index contributed by atoms with van der Waals surface area (Å²) in [6, 6.07) is 8.91. The van der Waals surface area contributed by atoms with Crippen molar-refractivity contribution in [3.8, 4) is 0 Å². The van der Waals surface area contributed by atoms with Gasteiger partial charge in [-0.1, -0.05) is 31.2 Å². The molecule has 1 aliphatic rings. The first kappa shape index (κ1) is 10.7. The van der Waals surface area contributed by atoms with Crippen LogP contribution in [0.3, 0.4) is 0 Å². The second-order valence-electron chi connectivity index (χ2n) is 4.22. The number of aliphatic hydroxyl groups is 1. The molecule has 0 saturated heterocycles. The Morgan fingerprint density at radius 1 is 1.40 bits per heavy atom. The average Bonchev–Trinajstić information content (AvgIpc) is 2.30. The predicted molar refractivity (Wildman–Crippen MR) is 61.8 cm³/mol. The minimum absolute atomic E-state index is 0.284. The Morgan fingerprint density at radius 3 is 2.93 bits per heavy atom. The van der Waals surface area contributed by atoms with Crippen molar-refractivity contribution in [1.82, 2.24) is 5.32 Å². The molecule has 2 rings (SSSR count). The van der Waals surface area contributed by atoms with Gasteiger partial charge in [0.1, 0.15) is 0 Å². The van der Waals surface area contributed by atoms with Gasteiger partial charge in [-0.25, -0.2) is 0 Å². The van der Waals surface area contributed by atoms with E-state index in [0.29, 0.717) is 12.0 Å². The molecule has 1 aliphatic carbocycles. The first-order valence-corrected chi connectivity index (χ1v) is 5.78. The van der Waals surface area contributed by atoms with Gasteiger partial charge < -0.3 is 10.4 Å². The highest BCUT2D eigenvalue weighted by Gasteiger charge is 2.27. The summed E-state index contributed by atoms with van der Waals surface area (Å²) < 4.78 is 0. The van der Waals surface area contributed by atoms with E-state index in [9.17, 15) is 5.11 Å². The first-order chi connectivity index (χ1) is 7.36. The van der Waals surface area contributed by atoms with Crippen LogP contribution in [0.15, 0.2) is 24.3 Å². The lowest BCUT2D eigenvalue weighted by molar-refractivity contribution is 0.175. The van der Waals surface area contributed by atoms with E-state index in [1.54, 1.807) is 0 Å². The molecule has 0 radical (unpaired) electrons. The fraction of sp³-hybridized carbons (Fsp3) is 0.538. The number of hydrogen-bond acceptors (Lipinski definition) is 2. The fourth-order valence-corrected chi connectivity index (χ4v) is 2.52. The van der Waals surface area contributed by atoms with Gasteiger partial charge in [-0.05, 0) is 30.5 Å². The Kier molecular flexibility index (Phi) is 3.39. The van der Waals surface area contributed by atoms with Crippen molar-refractivity contribution in [2.75, 3.05) is 13.2 Å². The molecule has 1 aromatic rings. The summed E-state index contributed by atoms with van der Waals surface area (Å²) >= 11 is 0. The molecule has 82 valence electrons. The molecule has 0 fully saturated rings. The van der Waals surface area contributed by atoms with Gasteiger partial charge in [0.15, 0.2) is 0 Å². The molecule has 2 heteroatoms. The van der Waals surface area contributed by atoms with Gasteiger partial charge in [-0.15, -0.1) is 0 Å². The number of aryl methyl sites for hydroxylation is 1. The van der Waals surface area contributed by atoms with Crippen LogP contribution in [0.1, 0.15) is 30.5 Å². The third-order valence-electron chi connectivity index (χ3n) is 3.30. The van der Waals surface area contributed by atoms with Crippen LogP contribution in [0.4, 0.5) is 0 Å². The zero-order valence-electron chi connectivity index (χ0n) is 9.24. The van der Waals surface area contributed by atoms with Gasteiger partial charge >= 0.3 is 0 Å². The highest BCUT2D eigenvalue weighted by atomic mass is 16.3. The van der Waals surface area contributed by atoms with Crippen molar-refractivity contribution in [2.45, 2.75) is 25.8 Å². The summed E-state index contributed by atoms with van der Waals surface area (Å²) in [6.07, 6.45) is 2.19. The van der Waals surface area contributed by atoms with Crippen LogP contribution in [0, 0.1) is 5.92 Å². The lowest BCUT2D eigenvalue weighted by Crippen LogP contribution is -2.34. The van der Waals surface area contributed by atoms with Gasteiger partial charge in [-0.2, -0.15) is 0 Å². The SMILES string of the molecule is CCNC1c2ccccc2CCC1CO. The van der Waals surface area contributed by atoms with E-state index < -0.39 is 0 Å². The molecule has 2 atom stereocenters. The summed E-state index contributed by atoms with van der Waals surface area (Å²) in [7, 11) is 0. The third kappa shape index (κ3) is 2.06. The molecule has 0 bridgehead atoms. The number of fused-ring (bicyclic) bond motifs is 1. The topological polar surface area (TPSA) is 32.3 Å². The normalized spacial score (nSPS) is 24.9. The number of benzene rings is 1. The molecule has 0 spiro atoms. The van der Waals surface area contributed by atoms with Gasteiger partial charge in [0.05, 0.1) is 0 Å². The maximum atomic E-state index is 9.37. The molecule has 2 unspecified atom stereocenters. The minimum Gasteiger partial charge on any atom is -0.396 e. The second-order valence-corrected chi connectivity index (χ2v) is 4.22. The highest BCUT2D eigenvalue weighted by molar-refractivity contribution is 5.33. The van der Waals surface area contributed by atoms with Crippen molar-refractivity contribution < 1.29 is 5.11 Å². The molecular weight excluding hydrogens is 186 g/mol. The van der Waals surface area contributed by atoms with Crippen LogP contribution in [0.25, 0.3) is 0 Å². The van der Waals surface area contributed by atoms with Crippen molar-refractivity contribution in [3.05, 3.63) is 35.4 Å². The quantitative estimate of drug-likeness (QED) is 0.790. The summed E-state index contributed by atoms with van der Waals surface area (Å²) in [5.41, 5.74) is 2.82. The average molecular weight is 205 g/mol. The van der Waals surface area contributed by atoms with Crippen LogP contribution in [-0.4, -0.2) is 18.3 Å². The minimum atomic E-state index is 0.284. The monoisotopic (exact) mass is 205 g/mol. The number of rotatable bonds is 3. The Morgan fingerprint density at radius 2 is 2.20 bits per heavy atom. The molecule has 0 amide bonds. The number of aliphatic hydroxyl groups excluding tert-OH is 1. The van der Waals surface area contributed by atoms with Gasteiger partial charge in [0.2, 0.25) is 0 Å². The van der Waals surface area contributed by atoms with Crippen LogP contribution in [0.5, 0.6) is 0 Å². The van der Waals surface area contributed by atoms with E-state index in [4.69, 9.17) is 0 Å². The predicted octanol–water partition coefficient (Wildman–Crippen LogP) is 1.89. The number of hydrogen-bond donors (Lipinski definition) is 2. The Balaban J connectivity index is 2.29. The molecule has 2 N–H and O–H groups in total. The lowest BCUT2D eigenvalue weighted by atomic mass is 9.80. The van der Waals surface area contributed by atoms with Crippen LogP contribution >= 0.6 is 0 Å². The van der Waals surface area contributed by atoms with E-state index in [1.807, 2.05) is 0 Å². The van der Waals surface area contributed by atoms with E-state index in [0.717, 1.165) is 19.4 Å². The molecule has 1 aromatic carbocycles. The lowest BCUT2D eigenvalue weighted by Gasteiger charge is -2.33. The van der Waals surface area contributed by atoms with Crippen molar-refractivity contribution >= 4 is 0 Å². The highest BCUT2D eigenvalue weighted by Crippen LogP contribution is 2.33. The summed E-state index contributed by atoms with van der Waals surface area (Å²) in [5, 5.41) is 12.9. The van der Waals surface area contributed by atoms with Gasteiger partial charge in [0.25, 0.3) is 0 Å². The Labute approximate surface area is 91.3 Å². The molecule has 15 heavy (non-hydrogen) atoms. The van der Waals surface area contributed by atoms with Crippen LogP contribution in [0.2, 0.25) is 0 Å². The second kappa shape index (κ2) is 4.77. The standard InChI is InChI=1S/C13H19NO/c1-2-14-13-11(9-15)8-7-10-5-3-4-6-12(10)13/h3-6,11,13-15H,2,7-9H2,1H3. The van der Waals surface area contributed by atoms with E-state index in [2.05, 4.69) is 36.5 Å². The van der Waals surface area contributed by atoms with Gasteiger partial charge in [-0.3, -0.25) is 0 Å². The first-order valence-electron chi connectivity index (χ1n) is 5.78. The third-order valence-corrected chi connectivity index (χ3v) is 3.30. The summed E-state index contributed by atoms with van der Waals surface area (Å²) in [5.74, 6) is 0.375. The van der Waals surface area contributed by atoms with Crippen molar-refractivity contribution in [3.63, 3.8) is 0 Å². The maximum Gasteiger partial charge on any atom is 0.0477 e. The van der Waals surface area contributed by atoms with E-state index in [-0.39, 0.29) is 6.61 Å². The zero-order valence-corrected chi connectivity index (χ0v) is 9.24. The fourth-order valence-electron chi connectivity index (χ4n) is 2.52. The van der Waals surface area contributed by atoms with Crippen molar-refractivity contribution in [1.29, 1.82) is 0 Å². The van der Waals surface area contributed by atoms with Gasteiger partial charge in [0, 0.05) is 18.6 Å². The smallest absolute Gasteiger partial charge is 0.0477 e. The number of nitrogens with one attached hydrogen (secondary N) is 1. The van der Waals surface area contributed by atoms with Crippen LogP contribution < -0.4 is 5.32 Å². The van der Waals surface area contributed by atoms with E-state index in [1.165, 1.54) is 11.1 Å². The Bertz CT molecular complexity index is 324. The molecule has 2 nitrogen and oxygen atoms in total. The molecular formula is C13H19NO. The molecule has 0 aromatic heterocycles. The largest absolute Gasteiger partial charge is 0.396 e. The molecule has 0 saturated carbocycles. The molecule has 0 heterocycles. The zero-order chi connectivity index (χ0) is 10.7.